The van der Waals surface area contributed by atoms with Crippen LogP contribution in [0.5, 0.6) is 0 Å². The summed E-state index contributed by atoms with van der Waals surface area (Å²) in [6.45, 7) is 6.18. The van der Waals surface area contributed by atoms with Gasteiger partial charge in [0.15, 0.2) is 5.96 Å². The van der Waals surface area contributed by atoms with Crippen molar-refractivity contribution in [1.82, 2.24) is 15.6 Å². The lowest BCUT2D eigenvalue weighted by Crippen LogP contribution is -2.38. The summed E-state index contributed by atoms with van der Waals surface area (Å²) in [5.74, 6) is 1.92. The minimum absolute atomic E-state index is 0. The molecule has 5 nitrogen and oxygen atoms in total. The fraction of sp³-hybridized carbons (Fsp3) is 0.444. The van der Waals surface area contributed by atoms with Crippen molar-refractivity contribution in [3.63, 3.8) is 0 Å². The SMILES string of the molecule is CCNC(=NCCS(=O)Cc1ccccc1)NCCc1csc(C)n1.I. The normalized spacial score (nSPS) is 12.3. The molecule has 0 saturated heterocycles. The molecule has 0 aliphatic carbocycles. The topological polar surface area (TPSA) is 66.4 Å². The zero-order valence-electron chi connectivity index (χ0n) is 15.2. The van der Waals surface area contributed by atoms with E-state index in [0.717, 1.165) is 41.7 Å². The van der Waals surface area contributed by atoms with Crippen molar-refractivity contribution < 1.29 is 4.21 Å². The van der Waals surface area contributed by atoms with E-state index in [1.807, 2.05) is 44.2 Å². The second-order valence-corrected chi connectivity index (χ2v) is 8.21. The van der Waals surface area contributed by atoms with Crippen LogP contribution in [-0.2, 0) is 23.0 Å². The standard InChI is InChI=1S/C18H26N4OS2.HI/c1-3-19-18(20-10-9-17-13-24-15(2)22-17)21-11-12-25(23)14-16-7-5-4-6-8-16;/h4-8,13H,3,9-12,14H2,1-2H3,(H2,19,20,21);1H. The lowest BCUT2D eigenvalue weighted by Gasteiger charge is -2.10. The van der Waals surface area contributed by atoms with Gasteiger partial charge in [0.2, 0.25) is 0 Å². The van der Waals surface area contributed by atoms with Gasteiger partial charge in [-0.1, -0.05) is 30.3 Å². The largest absolute Gasteiger partial charge is 0.357 e. The predicted molar refractivity (Wildman–Crippen MR) is 123 cm³/mol. The highest BCUT2D eigenvalue weighted by molar-refractivity contribution is 14.0. The maximum atomic E-state index is 12.1. The van der Waals surface area contributed by atoms with E-state index in [2.05, 4.69) is 26.0 Å². The fourth-order valence-corrected chi connectivity index (χ4v) is 3.92. The first-order chi connectivity index (χ1) is 12.2. The van der Waals surface area contributed by atoms with Gasteiger partial charge in [-0.2, -0.15) is 0 Å². The predicted octanol–water partition coefficient (Wildman–Crippen LogP) is 3.12. The van der Waals surface area contributed by atoms with Crippen LogP contribution in [0.2, 0.25) is 0 Å². The Labute approximate surface area is 179 Å². The Morgan fingerprint density at radius 3 is 2.69 bits per heavy atom. The summed E-state index contributed by atoms with van der Waals surface area (Å²) in [7, 11) is -0.895. The maximum Gasteiger partial charge on any atom is 0.191 e. The first kappa shape index (κ1) is 23.0. The summed E-state index contributed by atoms with van der Waals surface area (Å²) in [5.41, 5.74) is 2.21. The minimum atomic E-state index is -0.895. The van der Waals surface area contributed by atoms with Crippen LogP contribution in [-0.4, -0.2) is 40.5 Å². The maximum absolute atomic E-state index is 12.1. The van der Waals surface area contributed by atoms with E-state index in [0.29, 0.717) is 18.1 Å². The molecule has 0 aliphatic heterocycles. The van der Waals surface area contributed by atoms with Crippen LogP contribution in [0.4, 0.5) is 0 Å². The van der Waals surface area contributed by atoms with E-state index < -0.39 is 10.8 Å². The van der Waals surface area contributed by atoms with Gasteiger partial charge in [-0.15, -0.1) is 35.3 Å². The van der Waals surface area contributed by atoms with E-state index in [1.54, 1.807) is 11.3 Å². The zero-order valence-corrected chi connectivity index (χ0v) is 19.2. The van der Waals surface area contributed by atoms with Gasteiger partial charge in [-0.3, -0.25) is 9.20 Å². The number of aryl methyl sites for hydroxylation is 1. The molecule has 8 heteroatoms. The average molecular weight is 506 g/mol. The van der Waals surface area contributed by atoms with Crippen molar-refractivity contribution in [3.8, 4) is 0 Å². The highest BCUT2D eigenvalue weighted by Crippen LogP contribution is 2.07. The molecule has 0 fully saturated rings. The van der Waals surface area contributed by atoms with Crippen LogP contribution in [0.15, 0.2) is 40.7 Å². The molecule has 0 bridgehead atoms. The molecule has 1 atom stereocenters. The summed E-state index contributed by atoms with van der Waals surface area (Å²) in [6, 6.07) is 9.93. The van der Waals surface area contributed by atoms with Gasteiger partial charge >= 0.3 is 0 Å². The molecule has 2 N–H and O–H groups in total. The third-order valence-corrected chi connectivity index (χ3v) is 5.56. The number of hydrogen-bond donors (Lipinski definition) is 2. The van der Waals surface area contributed by atoms with E-state index in [4.69, 9.17) is 0 Å². The Balaban J connectivity index is 0.00000338. The van der Waals surface area contributed by atoms with Crippen molar-refractivity contribution in [2.75, 3.05) is 25.4 Å². The van der Waals surface area contributed by atoms with E-state index in [9.17, 15) is 4.21 Å². The first-order valence-electron chi connectivity index (χ1n) is 8.49. The number of rotatable bonds is 9. The summed E-state index contributed by atoms with van der Waals surface area (Å²) in [4.78, 5) is 8.97. The number of hydrogen-bond acceptors (Lipinski definition) is 4. The van der Waals surface area contributed by atoms with Gasteiger partial charge in [-0.25, -0.2) is 4.98 Å². The molecule has 1 unspecified atom stereocenters. The molecule has 2 rings (SSSR count). The Morgan fingerprint density at radius 2 is 2.04 bits per heavy atom. The quantitative estimate of drug-likeness (QED) is 0.312. The number of aromatic nitrogens is 1. The molecule has 144 valence electrons. The molecule has 0 saturated carbocycles. The van der Waals surface area contributed by atoms with Gasteiger partial charge in [0, 0.05) is 47.2 Å². The van der Waals surface area contributed by atoms with E-state index in [-0.39, 0.29) is 24.0 Å². The van der Waals surface area contributed by atoms with Crippen LogP contribution < -0.4 is 10.6 Å². The van der Waals surface area contributed by atoms with Crippen molar-refractivity contribution in [2.45, 2.75) is 26.0 Å². The Hall–Kier alpha value is -1.00. The smallest absolute Gasteiger partial charge is 0.191 e. The monoisotopic (exact) mass is 506 g/mol. The molecule has 0 spiro atoms. The molecule has 26 heavy (non-hydrogen) atoms. The molecule has 0 radical (unpaired) electrons. The molecule has 1 heterocycles. The molecular weight excluding hydrogens is 479 g/mol. The molecular formula is C18H27IN4OS2. The van der Waals surface area contributed by atoms with Crippen molar-refractivity contribution >= 4 is 52.1 Å². The number of thiazole rings is 1. The van der Waals surface area contributed by atoms with Gasteiger partial charge in [0.05, 0.1) is 17.2 Å². The third kappa shape index (κ3) is 9.09. The van der Waals surface area contributed by atoms with Crippen molar-refractivity contribution in [1.29, 1.82) is 0 Å². The fourth-order valence-electron chi connectivity index (χ4n) is 2.27. The van der Waals surface area contributed by atoms with Crippen molar-refractivity contribution in [3.05, 3.63) is 52.0 Å². The van der Waals surface area contributed by atoms with Crippen LogP contribution in [0, 0.1) is 6.92 Å². The molecule has 1 aromatic heterocycles. The van der Waals surface area contributed by atoms with Crippen molar-refractivity contribution in [2.24, 2.45) is 4.99 Å². The molecule has 0 amide bonds. The van der Waals surface area contributed by atoms with E-state index >= 15 is 0 Å². The third-order valence-electron chi connectivity index (χ3n) is 3.44. The minimum Gasteiger partial charge on any atom is -0.357 e. The summed E-state index contributed by atoms with van der Waals surface area (Å²) in [5, 5.41) is 9.71. The second kappa shape index (κ2) is 13.2. The number of nitrogens with one attached hydrogen (secondary N) is 2. The number of aliphatic imine (C=N–C) groups is 1. The number of guanidine groups is 1. The van der Waals surface area contributed by atoms with Gasteiger partial charge in [-0.05, 0) is 19.4 Å². The molecule has 0 aliphatic rings. The number of benzene rings is 1. The van der Waals surface area contributed by atoms with Gasteiger partial charge < -0.3 is 10.6 Å². The number of nitrogens with zero attached hydrogens (tertiary/aromatic N) is 2. The molecule has 2 aromatic rings. The average Bonchev–Trinajstić information content (AvgIpc) is 3.01. The van der Waals surface area contributed by atoms with Crippen LogP contribution in [0.25, 0.3) is 0 Å². The second-order valence-electron chi connectivity index (χ2n) is 5.57. The first-order valence-corrected chi connectivity index (χ1v) is 10.9. The number of halogens is 1. The van der Waals surface area contributed by atoms with E-state index in [1.165, 1.54) is 0 Å². The molecule has 1 aromatic carbocycles. The highest BCUT2D eigenvalue weighted by atomic mass is 127. The Bertz CT molecular complexity index is 692. The Morgan fingerprint density at radius 1 is 1.27 bits per heavy atom. The van der Waals surface area contributed by atoms with Gasteiger partial charge in [0.25, 0.3) is 0 Å². The summed E-state index contributed by atoms with van der Waals surface area (Å²) in [6.07, 6.45) is 0.870. The van der Waals surface area contributed by atoms with Crippen LogP contribution in [0.1, 0.15) is 23.2 Å². The summed E-state index contributed by atoms with van der Waals surface area (Å²) >= 11 is 1.67. The summed E-state index contributed by atoms with van der Waals surface area (Å²) < 4.78 is 12.1. The lowest BCUT2D eigenvalue weighted by molar-refractivity contribution is 0.682. The highest BCUT2D eigenvalue weighted by Gasteiger charge is 2.03. The Kier molecular flexibility index (Phi) is 11.7. The van der Waals surface area contributed by atoms with Gasteiger partial charge in [0.1, 0.15) is 0 Å². The van der Waals surface area contributed by atoms with Crippen LogP contribution >= 0.6 is 35.3 Å². The van der Waals surface area contributed by atoms with Crippen LogP contribution in [0.3, 0.4) is 0 Å². The zero-order chi connectivity index (χ0) is 17.9. The lowest BCUT2D eigenvalue weighted by atomic mass is 10.2.